The minimum atomic E-state index is -1.34. The summed E-state index contributed by atoms with van der Waals surface area (Å²) in [6.45, 7) is 3.58. The average molecular weight is 258 g/mol. The zero-order chi connectivity index (χ0) is 14.0. The van der Waals surface area contributed by atoms with Gasteiger partial charge < -0.3 is 19.6 Å². The van der Waals surface area contributed by atoms with E-state index in [0.717, 1.165) is 5.56 Å². The fourth-order valence-electron chi connectivity index (χ4n) is 1.64. The molecule has 0 saturated heterocycles. The number of aryl methyl sites for hydroxylation is 2. The van der Waals surface area contributed by atoms with E-state index in [1.54, 1.807) is 25.1 Å². The van der Waals surface area contributed by atoms with Gasteiger partial charge in [-0.2, -0.15) is 0 Å². The molecule has 1 aromatic carbocycles. The summed E-state index contributed by atoms with van der Waals surface area (Å²) >= 11 is 0. The van der Waals surface area contributed by atoms with Crippen LogP contribution in [0.3, 0.4) is 0 Å². The van der Waals surface area contributed by atoms with Crippen LogP contribution in [0.15, 0.2) is 34.7 Å². The lowest BCUT2D eigenvalue weighted by atomic mass is 10.2. The number of anilines is 1. The Morgan fingerprint density at radius 3 is 2.47 bits per heavy atom. The van der Waals surface area contributed by atoms with Crippen LogP contribution < -0.4 is 10.4 Å². The van der Waals surface area contributed by atoms with Crippen LogP contribution in [0, 0.1) is 13.8 Å². The van der Waals surface area contributed by atoms with E-state index in [4.69, 9.17) is 4.42 Å². The van der Waals surface area contributed by atoms with Crippen LogP contribution in [-0.4, -0.2) is 11.9 Å². The number of carbonyl (C=O) groups excluding carboxylic acids is 2. The van der Waals surface area contributed by atoms with E-state index in [9.17, 15) is 14.7 Å². The normalized spacial score (nSPS) is 10.2. The summed E-state index contributed by atoms with van der Waals surface area (Å²) in [6, 6.07) is 7.64. The van der Waals surface area contributed by atoms with Crippen molar-refractivity contribution in [2.24, 2.45) is 0 Å². The van der Waals surface area contributed by atoms with Crippen LogP contribution in [0.2, 0.25) is 0 Å². The van der Waals surface area contributed by atoms with Gasteiger partial charge in [-0.1, -0.05) is 18.2 Å². The molecule has 0 saturated carbocycles. The first-order valence-corrected chi connectivity index (χ1v) is 5.68. The highest BCUT2D eigenvalue weighted by Crippen LogP contribution is 2.18. The van der Waals surface area contributed by atoms with Crippen LogP contribution in [-0.2, 0) is 0 Å². The maximum absolute atomic E-state index is 11.9. The molecule has 1 amide bonds. The van der Waals surface area contributed by atoms with E-state index in [1.165, 1.54) is 12.1 Å². The van der Waals surface area contributed by atoms with Gasteiger partial charge in [-0.15, -0.1) is 0 Å². The Morgan fingerprint density at radius 2 is 1.89 bits per heavy atom. The molecule has 1 heterocycles. The van der Waals surface area contributed by atoms with Gasteiger partial charge in [-0.05, 0) is 31.5 Å². The Labute approximate surface area is 109 Å². The minimum Gasteiger partial charge on any atom is -0.545 e. The molecule has 0 aliphatic rings. The van der Waals surface area contributed by atoms with Crippen molar-refractivity contribution in [3.8, 4) is 0 Å². The second-order valence-electron chi connectivity index (χ2n) is 4.14. The summed E-state index contributed by atoms with van der Waals surface area (Å²) < 4.78 is 5.27. The van der Waals surface area contributed by atoms with Crippen molar-refractivity contribution in [1.82, 2.24) is 0 Å². The van der Waals surface area contributed by atoms with Gasteiger partial charge in [0.15, 0.2) is 5.76 Å². The van der Waals surface area contributed by atoms with Crippen LogP contribution >= 0.6 is 0 Å². The molecule has 0 fully saturated rings. The molecule has 0 spiro atoms. The molecular weight excluding hydrogens is 246 g/mol. The third-order valence-electron chi connectivity index (χ3n) is 2.78. The summed E-state index contributed by atoms with van der Waals surface area (Å²) in [7, 11) is 0. The number of carboxylic acids is 1. The number of hydrogen-bond donors (Lipinski definition) is 1. The molecule has 1 N–H and O–H groups in total. The molecular formula is C14H12NO4-. The topological polar surface area (TPSA) is 82.4 Å². The lowest BCUT2D eigenvalue weighted by Crippen LogP contribution is -2.24. The van der Waals surface area contributed by atoms with Crippen molar-refractivity contribution < 1.29 is 19.1 Å². The molecule has 19 heavy (non-hydrogen) atoms. The number of para-hydroxylation sites is 1. The Morgan fingerprint density at radius 1 is 1.21 bits per heavy atom. The Kier molecular flexibility index (Phi) is 3.37. The smallest absolute Gasteiger partial charge is 0.291 e. The second-order valence-corrected chi connectivity index (χ2v) is 4.14. The molecule has 2 aromatic rings. The summed E-state index contributed by atoms with van der Waals surface area (Å²) in [4.78, 5) is 22.8. The number of aromatic carboxylic acids is 1. The summed E-state index contributed by atoms with van der Waals surface area (Å²) in [5.74, 6) is -1.05. The monoisotopic (exact) mass is 258 g/mol. The molecule has 0 bridgehead atoms. The van der Waals surface area contributed by atoms with E-state index in [1.807, 2.05) is 6.92 Å². The molecule has 1 aromatic heterocycles. The molecule has 0 unspecified atom stereocenters. The third-order valence-corrected chi connectivity index (χ3v) is 2.78. The zero-order valence-electron chi connectivity index (χ0n) is 10.5. The molecule has 2 rings (SSSR count). The molecule has 0 atom stereocenters. The highest BCUT2D eigenvalue weighted by Gasteiger charge is 2.14. The standard InChI is InChI=1S/C14H13NO4/c1-8-7-12(19-9(8)2)13(16)15-11-6-4-3-5-10(11)14(17)18/h3-7H,1-2H3,(H,15,16)(H,17,18)/p-1. The molecule has 0 radical (unpaired) electrons. The fourth-order valence-corrected chi connectivity index (χ4v) is 1.64. The van der Waals surface area contributed by atoms with Crippen molar-refractivity contribution in [3.63, 3.8) is 0 Å². The van der Waals surface area contributed by atoms with Gasteiger partial charge in [-0.25, -0.2) is 0 Å². The number of nitrogens with one attached hydrogen (secondary N) is 1. The fraction of sp³-hybridized carbons (Fsp3) is 0.143. The van der Waals surface area contributed by atoms with Crippen LogP contribution in [0.4, 0.5) is 5.69 Å². The lowest BCUT2D eigenvalue weighted by molar-refractivity contribution is -0.254. The van der Waals surface area contributed by atoms with E-state index in [2.05, 4.69) is 5.32 Å². The second kappa shape index (κ2) is 4.97. The largest absolute Gasteiger partial charge is 0.545 e. The van der Waals surface area contributed by atoms with Crippen molar-refractivity contribution in [3.05, 3.63) is 53.0 Å². The molecule has 98 valence electrons. The highest BCUT2D eigenvalue weighted by molar-refractivity contribution is 6.06. The first kappa shape index (κ1) is 12.9. The first-order chi connectivity index (χ1) is 8.99. The average Bonchev–Trinajstić information content (AvgIpc) is 2.70. The number of amides is 1. The van der Waals surface area contributed by atoms with Crippen molar-refractivity contribution in [2.45, 2.75) is 13.8 Å². The predicted octanol–water partition coefficient (Wildman–Crippen LogP) is 1.51. The van der Waals surface area contributed by atoms with Gasteiger partial charge in [0.05, 0.1) is 11.7 Å². The molecule has 5 heteroatoms. The van der Waals surface area contributed by atoms with Gasteiger partial charge >= 0.3 is 0 Å². The van der Waals surface area contributed by atoms with Crippen LogP contribution in [0.1, 0.15) is 32.2 Å². The van der Waals surface area contributed by atoms with Crippen LogP contribution in [0.5, 0.6) is 0 Å². The molecule has 0 aliphatic heterocycles. The summed E-state index contributed by atoms with van der Waals surface area (Å²) in [5, 5.41) is 13.4. The van der Waals surface area contributed by atoms with Crippen molar-refractivity contribution >= 4 is 17.6 Å². The lowest BCUT2D eigenvalue weighted by Gasteiger charge is -2.10. The third kappa shape index (κ3) is 2.65. The van der Waals surface area contributed by atoms with Gasteiger partial charge in [0, 0.05) is 5.56 Å². The zero-order valence-corrected chi connectivity index (χ0v) is 10.5. The van der Waals surface area contributed by atoms with Crippen LogP contribution in [0.25, 0.3) is 0 Å². The Hall–Kier alpha value is -2.56. The number of carboxylic acid groups (broad SMARTS) is 1. The highest BCUT2D eigenvalue weighted by atomic mass is 16.4. The number of rotatable bonds is 3. The van der Waals surface area contributed by atoms with Gasteiger partial charge in [0.2, 0.25) is 0 Å². The maximum atomic E-state index is 11.9. The first-order valence-electron chi connectivity index (χ1n) is 5.68. The van der Waals surface area contributed by atoms with Gasteiger partial charge in [0.1, 0.15) is 5.76 Å². The van der Waals surface area contributed by atoms with Gasteiger partial charge in [0.25, 0.3) is 5.91 Å². The molecule has 0 aliphatic carbocycles. The SMILES string of the molecule is Cc1cc(C(=O)Nc2ccccc2C(=O)[O-])oc1C. The Balaban J connectivity index is 2.26. The number of benzene rings is 1. The van der Waals surface area contributed by atoms with E-state index in [0.29, 0.717) is 5.76 Å². The maximum Gasteiger partial charge on any atom is 0.291 e. The van der Waals surface area contributed by atoms with Crippen molar-refractivity contribution in [1.29, 1.82) is 0 Å². The number of carbonyl (C=O) groups is 2. The number of hydrogen-bond acceptors (Lipinski definition) is 4. The predicted molar refractivity (Wildman–Crippen MR) is 66.9 cm³/mol. The van der Waals surface area contributed by atoms with Crippen molar-refractivity contribution in [2.75, 3.05) is 5.32 Å². The quantitative estimate of drug-likeness (QED) is 0.904. The van der Waals surface area contributed by atoms with E-state index < -0.39 is 11.9 Å². The van der Waals surface area contributed by atoms with E-state index in [-0.39, 0.29) is 17.0 Å². The Bertz CT molecular complexity index is 623. The number of furan rings is 1. The summed E-state index contributed by atoms with van der Waals surface area (Å²) in [6.07, 6.45) is 0. The minimum absolute atomic E-state index is 0.0733. The van der Waals surface area contributed by atoms with Gasteiger partial charge in [-0.3, -0.25) is 4.79 Å². The van der Waals surface area contributed by atoms with E-state index >= 15 is 0 Å². The summed E-state index contributed by atoms with van der Waals surface area (Å²) in [5.41, 5.74) is 0.966. The molecule has 5 nitrogen and oxygen atoms in total.